The molecule has 7 aromatic carbocycles. The Morgan fingerprint density at radius 1 is 0.432 bits per heavy atom. The van der Waals surface area contributed by atoms with Gasteiger partial charge in [-0.2, -0.15) is 0 Å². The average molecular weight is 599 g/mol. The average Bonchev–Trinajstić information content (AvgIpc) is 3.45. The second-order valence-corrected chi connectivity index (χ2v) is 13.2. The molecule has 0 saturated carbocycles. The van der Waals surface area contributed by atoms with E-state index in [1.165, 1.54) is 57.8 Å². The second-order valence-electron chi connectivity index (χ2n) is 11.0. The van der Waals surface area contributed by atoms with Gasteiger partial charge in [-0.3, -0.25) is 0 Å². The quantitative estimate of drug-likeness (QED) is 0.199. The van der Waals surface area contributed by atoms with Gasteiger partial charge in [-0.25, -0.2) is 0 Å². The van der Waals surface area contributed by atoms with Crippen molar-refractivity contribution in [1.29, 1.82) is 0 Å². The molecule has 0 N–H and O–H groups in total. The van der Waals surface area contributed by atoms with Gasteiger partial charge in [-0.15, -0.1) is 11.3 Å². The monoisotopic (exact) mass is 598 g/mol. The van der Waals surface area contributed by atoms with Crippen molar-refractivity contribution in [3.05, 3.63) is 158 Å². The zero-order valence-electron chi connectivity index (χ0n) is 23.7. The van der Waals surface area contributed by atoms with Gasteiger partial charge >= 0.3 is 0 Å². The third-order valence-electron chi connectivity index (χ3n) is 8.39. The number of rotatable bonds is 4. The lowest BCUT2D eigenvalue weighted by Crippen LogP contribution is -2.16. The zero-order chi connectivity index (χ0) is 29.0. The molecule has 0 fully saturated rings. The first-order valence-electron chi connectivity index (χ1n) is 14.8. The molecule has 9 rings (SSSR count). The van der Waals surface area contributed by atoms with Crippen LogP contribution in [0.5, 0.6) is 0 Å². The number of fused-ring (bicyclic) bond motifs is 6. The maximum absolute atomic E-state index is 2.43. The predicted molar refractivity (Wildman–Crippen MR) is 190 cm³/mol. The van der Waals surface area contributed by atoms with Crippen molar-refractivity contribution in [2.75, 3.05) is 9.80 Å². The van der Waals surface area contributed by atoms with Crippen molar-refractivity contribution < 1.29 is 0 Å². The highest BCUT2D eigenvalue weighted by molar-refractivity contribution is 7.99. The summed E-state index contributed by atoms with van der Waals surface area (Å²) in [6, 6.07) is 57.2. The van der Waals surface area contributed by atoms with Gasteiger partial charge in [-0.1, -0.05) is 96.7 Å². The lowest BCUT2D eigenvalue weighted by molar-refractivity contribution is 1.16. The molecule has 44 heavy (non-hydrogen) atoms. The van der Waals surface area contributed by atoms with Gasteiger partial charge in [0.05, 0.1) is 11.4 Å². The Bertz CT molecular complexity index is 2340. The van der Waals surface area contributed by atoms with Crippen LogP contribution >= 0.6 is 23.1 Å². The van der Waals surface area contributed by atoms with Crippen LogP contribution in [0.4, 0.5) is 34.1 Å². The minimum atomic E-state index is 1.14. The first-order chi connectivity index (χ1) is 21.8. The Hall–Kier alpha value is -5.03. The highest BCUT2D eigenvalue weighted by atomic mass is 32.2. The molecular weight excluding hydrogens is 573 g/mol. The smallest absolute Gasteiger partial charge is 0.0603 e. The maximum atomic E-state index is 2.43. The summed E-state index contributed by atoms with van der Waals surface area (Å²) in [5.74, 6) is 0. The standard InChI is InChI=1S/C40H26N2S2/c1-2-12-29(13-3-1)41(30-19-18-27-10-4-5-11-28(27)24-30)31-21-23-36-40(26-31)44-38-17-9-7-15-35(38)42(36)32-20-22-34-33-14-6-8-16-37(33)43-39(34)25-32/h1-26H. The summed E-state index contributed by atoms with van der Waals surface area (Å²) in [7, 11) is 0. The largest absolute Gasteiger partial charge is 0.310 e. The third kappa shape index (κ3) is 4.18. The predicted octanol–water partition coefficient (Wildman–Crippen LogP) is 12.6. The van der Waals surface area contributed by atoms with Gasteiger partial charge in [0.2, 0.25) is 0 Å². The fourth-order valence-electron chi connectivity index (χ4n) is 6.36. The van der Waals surface area contributed by atoms with Crippen LogP contribution in [0.3, 0.4) is 0 Å². The summed E-state index contributed by atoms with van der Waals surface area (Å²) in [6.07, 6.45) is 0. The normalized spacial score (nSPS) is 12.4. The number of nitrogens with zero attached hydrogens (tertiary/aromatic N) is 2. The summed E-state index contributed by atoms with van der Waals surface area (Å²) in [6.45, 7) is 0. The van der Waals surface area contributed by atoms with E-state index in [0.29, 0.717) is 0 Å². The van der Waals surface area contributed by atoms with Crippen LogP contribution in [-0.2, 0) is 0 Å². The van der Waals surface area contributed by atoms with Gasteiger partial charge in [0.25, 0.3) is 0 Å². The highest BCUT2D eigenvalue weighted by Gasteiger charge is 2.26. The Labute approximate surface area is 264 Å². The Morgan fingerprint density at radius 3 is 2.07 bits per heavy atom. The van der Waals surface area contributed by atoms with E-state index >= 15 is 0 Å². The summed E-state index contributed by atoms with van der Waals surface area (Å²) in [5, 5.41) is 5.12. The minimum Gasteiger partial charge on any atom is -0.310 e. The first-order valence-corrected chi connectivity index (χ1v) is 16.4. The number of hydrogen-bond acceptors (Lipinski definition) is 4. The summed E-state index contributed by atoms with van der Waals surface area (Å²) in [4.78, 5) is 7.28. The highest BCUT2D eigenvalue weighted by Crippen LogP contribution is 2.53. The van der Waals surface area contributed by atoms with Gasteiger partial charge < -0.3 is 9.80 Å². The van der Waals surface area contributed by atoms with Crippen molar-refractivity contribution in [2.45, 2.75) is 9.79 Å². The molecule has 208 valence electrons. The fourth-order valence-corrected chi connectivity index (χ4v) is 8.59. The molecule has 0 spiro atoms. The lowest BCUT2D eigenvalue weighted by Gasteiger charge is -2.34. The third-order valence-corrected chi connectivity index (χ3v) is 10.6. The molecule has 0 aliphatic carbocycles. The SMILES string of the molecule is c1ccc(N(c2ccc3c(c2)Sc2ccccc2N3c2ccc3c(c2)sc2ccccc23)c2ccc3ccccc3c2)cc1. The number of para-hydroxylation sites is 2. The van der Waals surface area contributed by atoms with E-state index in [-0.39, 0.29) is 0 Å². The molecule has 2 nitrogen and oxygen atoms in total. The van der Waals surface area contributed by atoms with Crippen LogP contribution in [0, 0.1) is 0 Å². The topological polar surface area (TPSA) is 6.48 Å². The van der Waals surface area contributed by atoms with E-state index < -0.39 is 0 Å². The van der Waals surface area contributed by atoms with E-state index in [9.17, 15) is 0 Å². The fraction of sp³-hybridized carbons (Fsp3) is 0. The Balaban J connectivity index is 1.20. The Kier molecular flexibility index (Phi) is 5.96. The molecule has 1 aliphatic heterocycles. The summed E-state index contributed by atoms with van der Waals surface area (Å²) >= 11 is 3.71. The van der Waals surface area contributed by atoms with E-state index in [0.717, 1.165) is 17.1 Å². The maximum Gasteiger partial charge on any atom is 0.0603 e. The van der Waals surface area contributed by atoms with Crippen molar-refractivity contribution in [2.24, 2.45) is 0 Å². The molecule has 0 saturated heterocycles. The molecule has 0 radical (unpaired) electrons. The molecule has 0 bridgehead atoms. The van der Waals surface area contributed by atoms with Gasteiger partial charge in [0, 0.05) is 52.7 Å². The van der Waals surface area contributed by atoms with Crippen LogP contribution in [0.2, 0.25) is 0 Å². The molecule has 0 amide bonds. The molecule has 1 aliphatic rings. The zero-order valence-corrected chi connectivity index (χ0v) is 25.4. The van der Waals surface area contributed by atoms with E-state index in [1.54, 1.807) is 0 Å². The van der Waals surface area contributed by atoms with E-state index in [4.69, 9.17) is 0 Å². The summed E-state index contributed by atoms with van der Waals surface area (Å²) < 4.78 is 2.64. The molecule has 2 heterocycles. The van der Waals surface area contributed by atoms with Gasteiger partial charge in [0.1, 0.15) is 0 Å². The van der Waals surface area contributed by atoms with Crippen LogP contribution in [0.15, 0.2) is 168 Å². The molecule has 0 atom stereocenters. The minimum absolute atomic E-state index is 1.14. The van der Waals surface area contributed by atoms with Gasteiger partial charge in [0.15, 0.2) is 0 Å². The lowest BCUT2D eigenvalue weighted by atomic mass is 10.1. The van der Waals surface area contributed by atoms with Crippen LogP contribution in [-0.4, -0.2) is 0 Å². The van der Waals surface area contributed by atoms with Crippen molar-refractivity contribution >= 4 is 88.2 Å². The summed E-state index contributed by atoms with van der Waals surface area (Å²) in [5.41, 5.74) is 7.01. The van der Waals surface area contributed by atoms with Crippen LogP contribution in [0.1, 0.15) is 0 Å². The van der Waals surface area contributed by atoms with Crippen LogP contribution in [0.25, 0.3) is 30.9 Å². The molecule has 1 aromatic heterocycles. The van der Waals surface area contributed by atoms with Crippen molar-refractivity contribution in [3.8, 4) is 0 Å². The van der Waals surface area contributed by atoms with Crippen LogP contribution < -0.4 is 9.80 Å². The molecule has 8 aromatic rings. The van der Waals surface area contributed by atoms with Crippen molar-refractivity contribution in [3.63, 3.8) is 0 Å². The number of hydrogen-bond donors (Lipinski definition) is 0. The Morgan fingerprint density at radius 2 is 1.14 bits per heavy atom. The molecule has 0 unspecified atom stereocenters. The number of anilines is 6. The van der Waals surface area contributed by atoms with Gasteiger partial charge in [-0.05, 0) is 83.6 Å². The van der Waals surface area contributed by atoms with E-state index in [2.05, 4.69) is 168 Å². The van der Waals surface area contributed by atoms with Crippen molar-refractivity contribution in [1.82, 2.24) is 0 Å². The molecular formula is C40H26N2S2. The molecule has 4 heteroatoms. The number of thiophene rings is 1. The second kappa shape index (κ2) is 10.3. The van der Waals surface area contributed by atoms with E-state index in [1.807, 2.05) is 23.1 Å². The number of benzene rings is 7. The first kappa shape index (κ1) is 25.5.